The number of carbonyl (C=O) groups is 1. The molecule has 0 saturated carbocycles. The van der Waals surface area contributed by atoms with Crippen LogP contribution in [-0.2, 0) is 0 Å². The van der Waals surface area contributed by atoms with Gasteiger partial charge in [0.15, 0.2) is 5.69 Å². The third-order valence-electron chi connectivity index (χ3n) is 1.41. The zero-order valence-corrected chi connectivity index (χ0v) is 6.78. The van der Waals surface area contributed by atoms with E-state index in [1.54, 1.807) is 18.3 Å². The second-order valence-corrected chi connectivity index (χ2v) is 2.12. The minimum Gasteiger partial charge on any atom is -0.494 e. The summed E-state index contributed by atoms with van der Waals surface area (Å²) in [5.41, 5.74) is 0.301. The Bertz CT molecular complexity index is 307. The summed E-state index contributed by atoms with van der Waals surface area (Å²) in [4.78, 5) is 15.0. The highest BCUT2D eigenvalue weighted by molar-refractivity contribution is 6.04. The average molecular weight is 163 g/mol. The van der Waals surface area contributed by atoms with E-state index < -0.39 is 0 Å². The van der Waals surface area contributed by atoms with Gasteiger partial charge in [-0.25, -0.2) is 4.98 Å². The Balaban J connectivity index is 3.13. The summed E-state index contributed by atoms with van der Waals surface area (Å²) in [6.07, 6.45) is 2.75. The van der Waals surface area contributed by atoms with Crippen LogP contribution in [0.3, 0.4) is 0 Å². The van der Waals surface area contributed by atoms with Crippen LogP contribution in [0.1, 0.15) is 10.5 Å². The van der Waals surface area contributed by atoms with Crippen molar-refractivity contribution in [1.82, 2.24) is 4.98 Å². The van der Waals surface area contributed by atoms with E-state index in [1.165, 1.54) is 13.2 Å². The normalized spacial score (nSPS) is 9.08. The fraction of sp³-hybridized carbons (Fsp3) is 0.111. The van der Waals surface area contributed by atoms with Crippen LogP contribution in [0.5, 0.6) is 5.75 Å². The summed E-state index contributed by atoms with van der Waals surface area (Å²) < 4.78 is 4.94. The molecule has 0 saturated heterocycles. The number of methoxy groups -OCH3 is 1. The summed E-state index contributed by atoms with van der Waals surface area (Å²) >= 11 is 0. The Morgan fingerprint density at radius 1 is 1.75 bits per heavy atom. The van der Waals surface area contributed by atoms with Gasteiger partial charge in [0.1, 0.15) is 5.75 Å². The third kappa shape index (κ3) is 1.50. The van der Waals surface area contributed by atoms with Crippen molar-refractivity contribution < 1.29 is 9.53 Å². The Labute approximate surface area is 70.7 Å². The first-order valence-corrected chi connectivity index (χ1v) is 3.45. The maximum Gasteiger partial charge on any atom is 0.207 e. The quantitative estimate of drug-likeness (QED) is 0.500. The molecule has 1 aromatic heterocycles. The van der Waals surface area contributed by atoms with E-state index in [0.29, 0.717) is 11.4 Å². The molecule has 12 heavy (non-hydrogen) atoms. The number of ether oxygens (including phenoxy) is 1. The smallest absolute Gasteiger partial charge is 0.207 e. The monoisotopic (exact) mass is 163 g/mol. The SMILES string of the molecule is C=CC(=O)c1ncccc1OC. The first-order valence-electron chi connectivity index (χ1n) is 3.45. The molecule has 0 radical (unpaired) electrons. The molecule has 1 aromatic rings. The topological polar surface area (TPSA) is 39.2 Å². The van der Waals surface area contributed by atoms with Crippen molar-refractivity contribution in [3.8, 4) is 5.75 Å². The van der Waals surface area contributed by atoms with Crippen molar-refractivity contribution in [2.45, 2.75) is 0 Å². The number of allylic oxidation sites excluding steroid dienone is 1. The number of pyridine rings is 1. The number of carbonyl (C=O) groups excluding carboxylic acids is 1. The molecule has 0 amide bonds. The Kier molecular flexibility index (Phi) is 2.58. The number of nitrogens with zero attached hydrogens (tertiary/aromatic N) is 1. The minimum absolute atomic E-state index is 0.229. The molecule has 3 heteroatoms. The summed E-state index contributed by atoms with van der Waals surface area (Å²) in [5, 5.41) is 0. The van der Waals surface area contributed by atoms with Crippen molar-refractivity contribution in [2.75, 3.05) is 7.11 Å². The molecular formula is C9H9NO2. The van der Waals surface area contributed by atoms with Gasteiger partial charge in [-0.3, -0.25) is 4.79 Å². The second kappa shape index (κ2) is 3.67. The van der Waals surface area contributed by atoms with Crippen LogP contribution in [0, 0.1) is 0 Å². The molecule has 0 unspecified atom stereocenters. The lowest BCUT2D eigenvalue weighted by Gasteiger charge is -2.02. The summed E-state index contributed by atoms with van der Waals surface area (Å²) in [7, 11) is 1.50. The van der Waals surface area contributed by atoms with Crippen LogP contribution in [0.25, 0.3) is 0 Å². The average Bonchev–Trinajstić information content (AvgIpc) is 2.16. The molecule has 1 rings (SSSR count). The molecule has 0 fully saturated rings. The van der Waals surface area contributed by atoms with Crippen LogP contribution < -0.4 is 4.74 Å². The zero-order chi connectivity index (χ0) is 8.97. The molecule has 0 N–H and O–H groups in total. The molecule has 0 spiro atoms. The second-order valence-electron chi connectivity index (χ2n) is 2.12. The lowest BCUT2D eigenvalue weighted by molar-refractivity contribution is 0.103. The summed E-state index contributed by atoms with van der Waals surface area (Å²) in [6.45, 7) is 3.37. The van der Waals surface area contributed by atoms with E-state index in [1.807, 2.05) is 0 Å². The van der Waals surface area contributed by atoms with Gasteiger partial charge in [-0.1, -0.05) is 6.58 Å². The van der Waals surface area contributed by atoms with E-state index in [4.69, 9.17) is 4.74 Å². The molecule has 0 atom stereocenters. The molecule has 3 nitrogen and oxygen atoms in total. The van der Waals surface area contributed by atoms with Crippen molar-refractivity contribution >= 4 is 5.78 Å². The third-order valence-corrected chi connectivity index (χ3v) is 1.41. The Morgan fingerprint density at radius 2 is 2.50 bits per heavy atom. The van der Waals surface area contributed by atoms with E-state index in [0.717, 1.165) is 0 Å². The van der Waals surface area contributed by atoms with Gasteiger partial charge in [0, 0.05) is 6.20 Å². The van der Waals surface area contributed by atoms with E-state index >= 15 is 0 Å². The number of ketones is 1. The highest BCUT2D eigenvalue weighted by atomic mass is 16.5. The fourth-order valence-corrected chi connectivity index (χ4v) is 0.837. The van der Waals surface area contributed by atoms with E-state index in [2.05, 4.69) is 11.6 Å². The Morgan fingerprint density at radius 3 is 3.08 bits per heavy atom. The van der Waals surface area contributed by atoms with Crippen LogP contribution in [0.2, 0.25) is 0 Å². The van der Waals surface area contributed by atoms with Gasteiger partial charge >= 0.3 is 0 Å². The van der Waals surface area contributed by atoms with Gasteiger partial charge in [0.25, 0.3) is 0 Å². The van der Waals surface area contributed by atoms with Crippen LogP contribution in [0.15, 0.2) is 31.0 Å². The Hall–Kier alpha value is -1.64. The number of rotatable bonds is 3. The highest BCUT2D eigenvalue weighted by Gasteiger charge is 2.08. The van der Waals surface area contributed by atoms with Crippen molar-refractivity contribution in [1.29, 1.82) is 0 Å². The van der Waals surface area contributed by atoms with Gasteiger partial charge in [0.05, 0.1) is 7.11 Å². The largest absolute Gasteiger partial charge is 0.494 e. The molecule has 0 bridgehead atoms. The molecular weight excluding hydrogens is 154 g/mol. The highest BCUT2D eigenvalue weighted by Crippen LogP contribution is 2.14. The van der Waals surface area contributed by atoms with Gasteiger partial charge in [-0.2, -0.15) is 0 Å². The number of hydrogen-bond acceptors (Lipinski definition) is 3. The number of aromatic nitrogens is 1. The molecule has 0 aromatic carbocycles. The van der Waals surface area contributed by atoms with Gasteiger partial charge in [0.2, 0.25) is 5.78 Å². The van der Waals surface area contributed by atoms with E-state index in [-0.39, 0.29) is 5.78 Å². The first kappa shape index (κ1) is 8.46. The molecule has 1 heterocycles. The zero-order valence-electron chi connectivity index (χ0n) is 6.78. The van der Waals surface area contributed by atoms with Crippen molar-refractivity contribution in [2.24, 2.45) is 0 Å². The van der Waals surface area contributed by atoms with Crippen LogP contribution >= 0.6 is 0 Å². The molecule has 0 aliphatic carbocycles. The van der Waals surface area contributed by atoms with Gasteiger partial charge in [-0.05, 0) is 18.2 Å². The van der Waals surface area contributed by atoms with Crippen LogP contribution in [0.4, 0.5) is 0 Å². The maximum absolute atomic E-state index is 11.1. The van der Waals surface area contributed by atoms with Crippen molar-refractivity contribution in [3.05, 3.63) is 36.7 Å². The summed E-state index contributed by atoms with van der Waals surface area (Å²) in [5.74, 6) is 0.245. The van der Waals surface area contributed by atoms with Gasteiger partial charge in [-0.15, -0.1) is 0 Å². The molecule has 0 aliphatic rings. The fourth-order valence-electron chi connectivity index (χ4n) is 0.837. The van der Waals surface area contributed by atoms with Crippen molar-refractivity contribution in [3.63, 3.8) is 0 Å². The lowest BCUT2D eigenvalue weighted by Crippen LogP contribution is -2.00. The standard InChI is InChI=1S/C9H9NO2/c1-3-7(11)9-8(12-2)5-4-6-10-9/h3-6H,1H2,2H3. The van der Waals surface area contributed by atoms with E-state index in [9.17, 15) is 4.79 Å². The predicted octanol–water partition coefficient (Wildman–Crippen LogP) is 1.46. The van der Waals surface area contributed by atoms with Crippen LogP contribution in [-0.4, -0.2) is 17.9 Å². The first-order chi connectivity index (χ1) is 5.79. The predicted molar refractivity (Wildman–Crippen MR) is 45.3 cm³/mol. The molecule has 62 valence electrons. The maximum atomic E-state index is 11.1. The summed E-state index contributed by atoms with van der Waals surface area (Å²) in [6, 6.07) is 3.39. The molecule has 0 aliphatic heterocycles. The number of hydrogen-bond donors (Lipinski definition) is 0. The van der Waals surface area contributed by atoms with Gasteiger partial charge < -0.3 is 4.74 Å². The lowest BCUT2D eigenvalue weighted by atomic mass is 10.2. The minimum atomic E-state index is -0.229.